The van der Waals surface area contributed by atoms with Gasteiger partial charge in [-0.1, -0.05) is 23.5 Å². The molecule has 0 saturated carbocycles. The minimum Gasteiger partial charge on any atom is -0.375 e. The zero-order valence-electron chi connectivity index (χ0n) is 16.2. The highest BCUT2D eigenvalue weighted by Gasteiger charge is 2.16. The van der Waals surface area contributed by atoms with Crippen LogP contribution in [-0.2, 0) is 0 Å². The van der Waals surface area contributed by atoms with Crippen LogP contribution < -0.4 is 16.0 Å². The van der Waals surface area contributed by atoms with Crippen LogP contribution in [0, 0.1) is 0 Å². The summed E-state index contributed by atoms with van der Waals surface area (Å²) in [6, 6.07) is 11.5. The summed E-state index contributed by atoms with van der Waals surface area (Å²) in [7, 11) is 0. The Morgan fingerprint density at radius 2 is 1.87 bits per heavy atom. The first-order valence-electron chi connectivity index (χ1n) is 9.79. The molecule has 1 fully saturated rings. The molecule has 30 heavy (non-hydrogen) atoms. The third-order valence-electron chi connectivity index (χ3n) is 5.21. The highest BCUT2D eigenvalue weighted by atomic mass is 32.1. The van der Waals surface area contributed by atoms with E-state index in [0.717, 1.165) is 53.0 Å². The Kier molecular flexibility index (Phi) is 4.76. The van der Waals surface area contributed by atoms with Gasteiger partial charge in [-0.05, 0) is 48.1 Å². The molecule has 3 N–H and O–H groups in total. The van der Waals surface area contributed by atoms with Gasteiger partial charge in [0.1, 0.15) is 11.6 Å². The molecule has 0 bridgehead atoms. The van der Waals surface area contributed by atoms with Crippen molar-refractivity contribution in [2.45, 2.75) is 12.8 Å². The summed E-state index contributed by atoms with van der Waals surface area (Å²) >= 11 is 1.44. The minimum absolute atomic E-state index is 0.198. The highest BCUT2D eigenvalue weighted by molar-refractivity contribution is 7.18. The smallest absolute Gasteiger partial charge is 0.257 e. The summed E-state index contributed by atoms with van der Waals surface area (Å²) in [5, 5.41) is 5.42. The van der Waals surface area contributed by atoms with Crippen LogP contribution in [0.15, 0.2) is 55.0 Å². The fourth-order valence-corrected chi connectivity index (χ4v) is 4.33. The fraction of sp³-hybridized carbons (Fsp3) is 0.182. The van der Waals surface area contributed by atoms with Crippen molar-refractivity contribution in [2.75, 3.05) is 29.0 Å². The zero-order chi connectivity index (χ0) is 20.5. The van der Waals surface area contributed by atoms with E-state index < -0.39 is 0 Å². The topological polar surface area (TPSA) is 97.0 Å². The lowest BCUT2D eigenvalue weighted by molar-refractivity contribution is 0.102. The number of nitrogens with one attached hydrogen (secondary N) is 1. The predicted molar refractivity (Wildman–Crippen MR) is 121 cm³/mol. The largest absolute Gasteiger partial charge is 0.375 e. The molecule has 0 aliphatic carbocycles. The summed E-state index contributed by atoms with van der Waals surface area (Å²) in [6.45, 7) is 1.97. The van der Waals surface area contributed by atoms with E-state index in [1.165, 1.54) is 11.3 Å². The Morgan fingerprint density at radius 1 is 1.00 bits per heavy atom. The van der Waals surface area contributed by atoms with Gasteiger partial charge in [0, 0.05) is 42.6 Å². The van der Waals surface area contributed by atoms with Crippen molar-refractivity contribution >= 4 is 44.8 Å². The number of nitrogens with two attached hydrogens (primary N) is 1. The lowest BCUT2D eigenvalue weighted by atomic mass is 10.1. The lowest BCUT2D eigenvalue weighted by Gasteiger charge is -2.16. The predicted octanol–water partition coefficient (Wildman–Crippen LogP) is 4.19. The molecule has 7 nitrogen and oxygen atoms in total. The van der Waals surface area contributed by atoms with E-state index >= 15 is 0 Å². The Bertz CT molecular complexity index is 1230. The summed E-state index contributed by atoms with van der Waals surface area (Å²) in [5.41, 5.74) is 7.36. The van der Waals surface area contributed by atoms with Gasteiger partial charge in [0.15, 0.2) is 5.13 Å². The number of anilines is 3. The number of carbonyl (C=O) groups is 1. The fourth-order valence-electron chi connectivity index (χ4n) is 3.65. The van der Waals surface area contributed by atoms with Crippen molar-refractivity contribution in [2.24, 2.45) is 0 Å². The summed E-state index contributed by atoms with van der Waals surface area (Å²) in [4.78, 5) is 28.9. The molecule has 3 aromatic heterocycles. The Labute approximate surface area is 177 Å². The van der Waals surface area contributed by atoms with Crippen LogP contribution in [0.1, 0.15) is 23.2 Å². The molecule has 0 unspecified atom stereocenters. The number of hydrogen-bond acceptors (Lipinski definition) is 7. The van der Waals surface area contributed by atoms with Crippen molar-refractivity contribution in [3.63, 3.8) is 0 Å². The molecule has 8 heteroatoms. The molecule has 0 radical (unpaired) electrons. The average Bonchev–Trinajstić information content (AvgIpc) is 3.45. The highest BCUT2D eigenvalue weighted by Crippen LogP contribution is 2.30. The molecule has 0 spiro atoms. The van der Waals surface area contributed by atoms with Gasteiger partial charge >= 0.3 is 0 Å². The number of nitrogens with zero attached hydrogens (tertiary/aromatic N) is 4. The van der Waals surface area contributed by atoms with Crippen molar-refractivity contribution in [1.82, 2.24) is 15.0 Å². The molecule has 1 aliphatic heterocycles. The molecular formula is C22H20N6OS. The SMILES string of the molecule is Nc1ncc(-c2ccc3cnc(NC(=O)c4ccnc(N5CCCC5)c4)cc3c2)s1. The van der Waals surface area contributed by atoms with Crippen LogP contribution in [-0.4, -0.2) is 33.9 Å². The summed E-state index contributed by atoms with van der Waals surface area (Å²) in [6.07, 6.45) is 7.54. The number of pyridine rings is 2. The van der Waals surface area contributed by atoms with Gasteiger partial charge in [0.2, 0.25) is 0 Å². The second kappa shape index (κ2) is 7.72. The molecule has 150 valence electrons. The van der Waals surface area contributed by atoms with Crippen molar-refractivity contribution in [1.29, 1.82) is 0 Å². The molecule has 1 amide bonds. The number of fused-ring (bicyclic) bond motifs is 1. The van der Waals surface area contributed by atoms with Gasteiger partial charge < -0.3 is 16.0 Å². The van der Waals surface area contributed by atoms with E-state index in [4.69, 9.17) is 5.73 Å². The molecule has 5 rings (SSSR count). The van der Waals surface area contributed by atoms with Crippen LogP contribution in [0.3, 0.4) is 0 Å². The van der Waals surface area contributed by atoms with E-state index in [0.29, 0.717) is 16.5 Å². The van der Waals surface area contributed by atoms with E-state index in [1.54, 1.807) is 24.7 Å². The number of carbonyl (C=O) groups excluding carboxylic acids is 1. The quantitative estimate of drug-likeness (QED) is 0.518. The second-order valence-electron chi connectivity index (χ2n) is 7.25. The molecule has 1 aromatic carbocycles. The number of rotatable bonds is 4. The zero-order valence-corrected chi connectivity index (χ0v) is 17.0. The van der Waals surface area contributed by atoms with E-state index in [1.807, 2.05) is 24.3 Å². The van der Waals surface area contributed by atoms with Crippen LogP contribution in [0.2, 0.25) is 0 Å². The molecule has 4 heterocycles. The van der Waals surface area contributed by atoms with Crippen LogP contribution >= 0.6 is 11.3 Å². The van der Waals surface area contributed by atoms with E-state index in [9.17, 15) is 4.79 Å². The van der Waals surface area contributed by atoms with Crippen LogP contribution in [0.25, 0.3) is 21.2 Å². The molecular weight excluding hydrogens is 396 g/mol. The van der Waals surface area contributed by atoms with Gasteiger partial charge in [-0.2, -0.15) is 0 Å². The van der Waals surface area contributed by atoms with E-state index in [2.05, 4.69) is 31.2 Å². The van der Waals surface area contributed by atoms with Crippen LogP contribution in [0.4, 0.5) is 16.8 Å². The number of benzene rings is 1. The number of aromatic nitrogens is 3. The monoisotopic (exact) mass is 416 g/mol. The van der Waals surface area contributed by atoms with Gasteiger partial charge in [0.25, 0.3) is 5.91 Å². The second-order valence-corrected chi connectivity index (χ2v) is 8.31. The maximum absolute atomic E-state index is 12.8. The van der Waals surface area contributed by atoms with Gasteiger partial charge in [-0.15, -0.1) is 0 Å². The molecule has 0 atom stereocenters. The number of thiazole rings is 1. The first-order chi connectivity index (χ1) is 14.7. The van der Waals surface area contributed by atoms with E-state index in [-0.39, 0.29) is 5.91 Å². The summed E-state index contributed by atoms with van der Waals surface area (Å²) < 4.78 is 0. The minimum atomic E-state index is -0.198. The van der Waals surface area contributed by atoms with Crippen molar-refractivity contribution in [3.05, 3.63) is 60.6 Å². The maximum atomic E-state index is 12.8. The molecule has 1 aliphatic rings. The number of nitrogen functional groups attached to an aromatic ring is 1. The Hall–Kier alpha value is -3.52. The van der Waals surface area contributed by atoms with Crippen molar-refractivity contribution in [3.8, 4) is 10.4 Å². The first-order valence-corrected chi connectivity index (χ1v) is 10.6. The lowest BCUT2D eigenvalue weighted by Crippen LogP contribution is -2.20. The maximum Gasteiger partial charge on any atom is 0.257 e. The first kappa shape index (κ1) is 18.5. The van der Waals surface area contributed by atoms with Crippen LogP contribution in [0.5, 0.6) is 0 Å². The normalized spacial score (nSPS) is 13.7. The van der Waals surface area contributed by atoms with Crippen molar-refractivity contribution < 1.29 is 4.79 Å². The molecule has 1 saturated heterocycles. The summed E-state index contributed by atoms with van der Waals surface area (Å²) in [5.74, 6) is 1.16. The van der Waals surface area contributed by atoms with Gasteiger partial charge in [-0.3, -0.25) is 4.79 Å². The third-order valence-corrected chi connectivity index (χ3v) is 6.08. The number of amides is 1. The number of hydrogen-bond donors (Lipinski definition) is 2. The van der Waals surface area contributed by atoms with Gasteiger partial charge in [0.05, 0.1) is 4.88 Å². The average molecular weight is 417 g/mol. The standard InChI is InChI=1S/C22H20N6OS/c23-22-26-13-18(30-22)14-3-4-16-12-25-19(10-17(16)9-14)27-21(29)15-5-6-24-20(11-15)28-7-1-2-8-28/h3-6,9-13H,1-2,7-8H2,(H2,23,26)(H,25,27,29). The molecule has 4 aromatic rings. The Balaban J connectivity index is 1.39. The Morgan fingerprint density at radius 3 is 2.67 bits per heavy atom. The van der Waals surface area contributed by atoms with Gasteiger partial charge in [-0.25, -0.2) is 15.0 Å². The third kappa shape index (κ3) is 3.69.